The molecule has 5 nitrogen and oxygen atoms in total. The van der Waals surface area contributed by atoms with Gasteiger partial charge >= 0.3 is 0 Å². The summed E-state index contributed by atoms with van der Waals surface area (Å²) in [7, 11) is 1.17. The number of hydrogen-bond acceptors (Lipinski definition) is 4. The van der Waals surface area contributed by atoms with E-state index in [1.807, 2.05) is 0 Å². The van der Waals surface area contributed by atoms with Crippen LogP contribution in [-0.2, 0) is 0 Å². The number of nitrogens with zero attached hydrogens (tertiary/aromatic N) is 1. The predicted octanol–water partition coefficient (Wildman–Crippen LogP) is 0.463. The fraction of sp³-hybridized carbons (Fsp3) is 0.111. The van der Waals surface area contributed by atoms with Crippen molar-refractivity contribution in [1.29, 1.82) is 0 Å². The first-order valence-corrected chi connectivity index (χ1v) is 4.02. The molecule has 1 heterocycles. The van der Waals surface area contributed by atoms with Gasteiger partial charge in [0.2, 0.25) is 0 Å². The van der Waals surface area contributed by atoms with Gasteiger partial charge in [0.25, 0.3) is 11.8 Å². The molecule has 0 spiro atoms. The molecule has 0 fully saturated rings. The van der Waals surface area contributed by atoms with Crippen LogP contribution < -0.4 is 0 Å². The quantitative estimate of drug-likeness (QED) is 0.482. The van der Waals surface area contributed by atoms with Gasteiger partial charge in [-0.2, -0.15) is 0 Å². The molecule has 0 unspecified atom stereocenters. The molecule has 0 bridgehead atoms. The monoisotopic (exact) mass is 211 g/mol. The Bertz CT molecular complexity index is 497. The molecule has 6 heteroatoms. The van der Waals surface area contributed by atoms with Gasteiger partial charge in [0.1, 0.15) is 11.4 Å². The molecule has 2 amide bonds. The Balaban J connectivity index is 2.85. The third-order valence-corrected chi connectivity index (χ3v) is 2.27. The van der Waals surface area contributed by atoms with Gasteiger partial charge in [0.15, 0.2) is 11.5 Å². The number of aromatic hydroxyl groups is 2. The third kappa shape index (κ3) is 1.01. The highest BCUT2D eigenvalue weighted by atomic mass is 19.1. The number of fused-ring (bicyclic) bond motifs is 1. The minimum Gasteiger partial charge on any atom is -0.504 e. The lowest BCUT2D eigenvalue weighted by Gasteiger charge is -2.03. The maximum Gasteiger partial charge on any atom is 0.265 e. The molecule has 0 atom stereocenters. The Hall–Kier alpha value is -2.11. The van der Waals surface area contributed by atoms with Gasteiger partial charge in [-0.3, -0.25) is 14.5 Å². The van der Waals surface area contributed by atoms with Crippen molar-refractivity contribution in [2.24, 2.45) is 0 Å². The summed E-state index contributed by atoms with van der Waals surface area (Å²) in [5.74, 6) is -4.22. The molecular formula is C9H6FNO4. The molecule has 2 N–H and O–H groups in total. The molecule has 1 aromatic rings. The number of carbonyl (C=O) groups is 2. The first kappa shape index (κ1) is 9.45. The van der Waals surface area contributed by atoms with E-state index < -0.39 is 40.3 Å². The van der Waals surface area contributed by atoms with Gasteiger partial charge in [0.05, 0.1) is 5.56 Å². The van der Waals surface area contributed by atoms with Crippen molar-refractivity contribution in [2.45, 2.75) is 0 Å². The van der Waals surface area contributed by atoms with E-state index >= 15 is 0 Å². The van der Waals surface area contributed by atoms with Gasteiger partial charge in [0, 0.05) is 13.1 Å². The molecule has 0 saturated carbocycles. The normalized spacial score (nSPS) is 14.7. The van der Waals surface area contributed by atoms with Crippen LogP contribution in [0.5, 0.6) is 11.5 Å². The summed E-state index contributed by atoms with van der Waals surface area (Å²) in [4.78, 5) is 23.4. The van der Waals surface area contributed by atoms with Gasteiger partial charge < -0.3 is 10.2 Å². The first-order valence-electron chi connectivity index (χ1n) is 4.02. The number of hydrogen-bond donors (Lipinski definition) is 2. The lowest BCUT2D eigenvalue weighted by atomic mass is 10.1. The van der Waals surface area contributed by atoms with Crippen LogP contribution in [-0.4, -0.2) is 34.0 Å². The molecule has 78 valence electrons. The SMILES string of the molecule is CN1C(=O)c2c(F)cc(O)c(O)c2C1=O. The highest BCUT2D eigenvalue weighted by molar-refractivity contribution is 6.22. The Morgan fingerprint density at radius 3 is 2.33 bits per heavy atom. The number of phenolic OH excluding ortho intramolecular Hbond substituents is 2. The van der Waals surface area contributed by atoms with Crippen molar-refractivity contribution in [1.82, 2.24) is 4.90 Å². The number of phenols is 2. The summed E-state index contributed by atoms with van der Waals surface area (Å²) >= 11 is 0. The second-order valence-electron chi connectivity index (χ2n) is 3.15. The highest BCUT2D eigenvalue weighted by Gasteiger charge is 2.39. The topological polar surface area (TPSA) is 77.8 Å². The maximum absolute atomic E-state index is 13.3. The van der Waals surface area contributed by atoms with Gasteiger partial charge in [-0.25, -0.2) is 4.39 Å². The van der Waals surface area contributed by atoms with Crippen LogP contribution in [0.4, 0.5) is 4.39 Å². The number of rotatable bonds is 0. The summed E-state index contributed by atoms with van der Waals surface area (Å²) < 4.78 is 13.3. The summed E-state index contributed by atoms with van der Waals surface area (Å²) in [6, 6.07) is 0.596. The van der Waals surface area contributed by atoms with Crippen LogP contribution in [0.1, 0.15) is 20.7 Å². The number of benzene rings is 1. The van der Waals surface area contributed by atoms with Gasteiger partial charge in [-0.1, -0.05) is 0 Å². The van der Waals surface area contributed by atoms with E-state index in [9.17, 15) is 19.1 Å². The van der Waals surface area contributed by atoms with Crippen LogP contribution in [0.2, 0.25) is 0 Å². The molecule has 0 saturated heterocycles. The zero-order valence-electron chi connectivity index (χ0n) is 7.61. The molecular weight excluding hydrogens is 205 g/mol. The highest BCUT2D eigenvalue weighted by Crippen LogP contribution is 2.37. The lowest BCUT2D eigenvalue weighted by molar-refractivity contribution is 0.0691. The number of halogens is 1. The Morgan fingerprint density at radius 1 is 1.20 bits per heavy atom. The summed E-state index contributed by atoms with van der Waals surface area (Å²) in [5.41, 5.74) is -0.988. The summed E-state index contributed by atoms with van der Waals surface area (Å²) in [6.45, 7) is 0. The minimum absolute atomic E-state index is 0.486. The van der Waals surface area contributed by atoms with Crippen LogP contribution in [0, 0.1) is 5.82 Å². The Morgan fingerprint density at radius 2 is 1.73 bits per heavy atom. The zero-order valence-corrected chi connectivity index (χ0v) is 7.61. The van der Waals surface area contributed by atoms with Crippen molar-refractivity contribution in [3.8, 4) is 11.5 Å². The van der Waals surface area contributed by atoms with Crippen LogP contribution in [0.25, 0.3) is 0 Å². The molecule has 1 aliphatic rings. The minimum atomic E-state index is -1.03. The molecule has 15 heavy (non-hydrogen) atoms. The molecule has 1 aromatic carbocycles. The molecule has 0 aromatic heterocycles. The molecule has 0 aliphatic carbocycles. The van der Waals surface area contributed by atoms with E-state index in [1.165, 1.54) is 7.05 Å². The standard InChI is InChI=1S/C9H6FNO4/c1-11-8(14)5-3(10)2-4(12)7(13)6(5)9(11)15/h2,12-13H,1H3. The van der Waals surface area contributed by atoms with E-state index in [1.54, 1.807) is 0 Å². The van der Waals surface area contributed by atoms with Crippen LogP contribution >= 0.6 is 0 Å². The average molecular weight is 211 g/mol. The van der Waals surface area contributed by atoms with E-state index in [-0.39, 0.29) is 0 Å². The first-order chi connectivity index (χ1) is 6.95. The van der Waals surface area contributed by atoms with E-state index in [0.717, 1.165) is 0 Å². The van der Waals surface area contributed by atoms with Gasteiger partial charge in [-0.15, -0.1) is 0 Å². The molecule has 1 aliphatic heterocycles. The molecule has 2 rings (SSSR count). The number of carbonyl (C=O) groups excluding carboxylic acids is 2. The average Bonchev–Trinajstić information content (AvgIpc) is 2.40. The van der Waals surface area contributed by atoms with Crippen LogP contribution in [0.3, 0.4) is 0 Å². The smallest absolute Gasteiger partial charge is 0.265 e. The lowest BCUT2D eigenvalue weighted by Crippen LogP contribution is -2.24. The van der Waals surface area contributed by atoms with Crippen molar-refractivity contribution >= 4 is 11.8 Å². The summed E-state index contributed by atoms with van der Waals surface area (Å²) in [6.07, 6.45) is 0. The second kappa shape index (κ2) is 2.69. The maximum atomic E-state index is 13.3. The zero-order chi connectivity index (χ0) is 11.3. The Kier molecular flexibility index (Phi) is 1.69. The second-order valence-corrected chi connectivity index (χ2v) is 3.15. The number of amides is 2. The summed E-state index contributed by atoms with van der Waals surface area (Å²) in [5, 5.41) is 18.4. The Labute approximate surface area is 83.4 Å². The third-order valence-electron chi connectivity index (χ3n) is 2.27. The van der Waals surface area contributed by atoms with Crippen molar-refractivity contribution in [3.63, 3.8) is 0 Å². The fourth-order valence-corrected chi connectivity index (χ4v) is 1.47. The molecule has 0 radical (unpaired) electrons. The van der Waals surface area contributed by atoms with Crippen molar-refractivity contribution in [3.05, 3.63) is 23.0 Å². The number of imide groups is 1. The largest absolute Gasteiger partial charge is 0.504 e. The van der Waals surface area contributed by atoms with Crippen molar-refractivity contribution < 1.29 is 24.2 Å². The van der Waals surface area contributed by atoms with Gasteiger partial charge in [-0.05, 0) is 0 Å². The fourth-order valence-electron chi connectivity index (χ4n) is 1.47. The van der Waals surface area contributed by atoms with Crippen LogP contribution in [0.15, 0.2) is 6.07 Å². The van der Waals surface area contributed by atoms with E-state index in [2.05, 4.69) is 0 Å². The van der Waals surface area contributed by atoms with E-state index in [0.29, 0.717) is 11.0 Å². The van der Waals surface area contributed by atoms with E-state index in [4.69, 9.17) is 5.11 Å². The van der Waals surface area contributed by atoms with Crippen molar-refractivity contribution in [2.75, 3.05) is 7.05 Å². The predicted molar refractivity (Wildman–Crippen MR) is 46.2 cm³/mol.